The summed E-state index contributed by atoms with van der Waals surface area (Å²) in [5, 5.41) is 0. The van der Waals surface area contributed by atoms with Crippen LogP contribution in [0.1, 0.15) is 8.35 Å². The van der Waals surface area contributed by atoms with Crippen molar-refractivity contribution in [3.05, 3.63) is 0 Å². The van der Waals surface area contributed by atoms with E-state index in [0.29, 0.717) is 0 Å². The molecule has 0 aromatic carbocycles. The van der Waals surface area contributed by atoms with Gasteiger partial charge in [0.1, 0.15) is 0 Å². The van der Waals surface area contributed by atoms with Crippen LogP contribution in [0.25, 0.3) is 0 Å². The Morgan fingerprint density at radius 3 is 2.12 bits per heavy atom. The maximum atomic E-state index is 9.68. The molecule has 0 saturated carbocycles. The van der Waals surface area contributed by atoms with E-state index in [-0.39, 0.29) is 37.5 Å². The van der Waals surface area contributed by atoms with Gasteiger partial charge in [-0.1, -0.05) is 6.92 Å². The molecule has 8 heavy (non-hydrogen) atoms. The van der Waals surface area contributed by atoms with E-state index in [4.69, 9.17) is 4.55 Å². The molecule has 0 unspecified atom stereocenters. The van der Waals surface area contributed by atoms with E-state index in [1.165, 1.54) is 0 Å². The van der Waals surface area contributed by atoms with Crippen molar-refractivity contribution in [2.45, 2.75) is 6.92 Å². The van der Waals surface area contributed by atoms with Crippen molar-refractivity contribution < 1.29 is 44.0 Å². The largest absolute Gasteiger partial charge is 1.00 e. The van der Waals surface area contributed by atoms with Gasteiger partial charge in [-0.2, -0.15) is 13.1 Å². The molecule has 0 heterocycles. The van der Waals surface area contributed by atoms with Crippen LogP contribution in [0, 0.1) is 0 Å². The van der Waals surface area contributed by atoms with Crippen LogP contribution in [0.5, 0.6) is 0 Å². The minimum Gasteiger partial charge on any atom is -1.00 e. The SMILES string of the molecule is CCNS(=O)(=O)O.[H-].[Na+]. The van der Waals surface area contributed by atoms with Gasteiger partial charge in [0.2, 0.25) is 0 Å². The molecule has 6 heteroatoms. The summed E-state index contributed by atoms with van der Waals surface area (Å²) in [7, 11) is -3.92. The van der Waals surface area contributed by atoms with Crippen LogP contribution >= 0.6 is 0 Å². The van der Waals surface area contributed by atoms with Crippen molar-refractivity contribution in [3.63, 3.8) is 0 Å². The third kappa shape index (κ3) is 9.98. The monoisotopic (exact) mass is 149 g/mol. The van der Waals surface area contributed by atoms with E-state index in [1.54, 1.807) is 6.92 Å². The first kappa shape index (κ1) is 11.6. The fourth-order valence-electron chi connectivity index (χ4n) is 0.182. The zero-order valence-corrected chi connectivity index (χ0v) is 7.70. The Morgan fingerprint density at radius 1 is 1.75 bits per heavy atom. The van der Waals surface area contributed by atoms with Gasteiger partial charge in [0, 0.05) is 6.54 Å². The van der Waals surface area contributed by atoms with Gasteiger partial charge in [-0.15, -0.1) is 0 Å². The van der Waals surface area contributed by atoms with Crippen LogP contribution in [0.4, 0.5) is 0 Å². The molecule has 0 saturated heterocycles. The zero-order chi connectivity index (χ0) is 5.91. The quantitative estimate of drug-likeness (QED) is 0.316. The Labute approximate surface area is 72.3 Å². The van der Waals surface area contributed by atoms with Gasteiger partial charge >= 0.3 is 39.9 Å². The number of hydrogen-bond donors (Lipinski definition) is 2. The van der Waals surface area contributed by atoms with Gasteiger partial charge in [0.15, 0.2) is 0 Å². The average molecular weight is 149 g/mol. The van der Waals surface area contributed by atoms with Crippen LogP contribution in [0.15, 0.2) is 0 Å². The van der Waals surface area contributed by atoms with Crippen LogP contribution in [0.3, 0.4) is 0 Å². The average Bonchev–Trinajstić information content (AvgIpc) is 1.30. The molecule has 0 spiro atoms. The predicted octanol–water partition coefficient (Wildman–Crippen LogP) is -3.48. The molecule has 0 aromatic rings. The third-order valence-electron chi connectivity index (χ3n) is 0.327. The Hall–Kier alpha value is 0.870. The normalized spacial score (nSPS) is 10.2. The van der Waals surface area contributed by atoms with Crippen molar-refractivity contribution in [1.82, 2.24) is 4.72 Å². The molecule has 4 nitrogen and oxygen atoms in total. The summed E-state index contributed by atoms with van der Waals surface area (Å²) in [6.07, 6.45) is 0. The molecule has 0 amide bonds. The summed E-state index contributed by atoms with van der Waals surface area (Å²) in [6.45, 7) is 1.80. The first-order chi connectivity index (χ1) is 3.06. The second-order valence-corrected chi connectivity index (χ2v) is 2.21. The van der Waals surface area contributed by atoms with E-state index in [2.05, 4.69) is 0 Å². The van der Waals surface area contributed by atoms with Gasteiger partial charge in [0.25, 0.3) is 0 Å². The molecule has 0 aliphatic rings. The predicted molar refractivity (Wildman–Crippen MR) is 26.3 cm³/mol. The molecule has 0 aliphatic carbocycles. The molecule has 0 radical (unpaired) electrons. The molecule has 0 atom stereocenters. The van der Waals surface area contributed by atoms with Crippen molar-refractivity contribution in [1.29, 1.82) is 0 Å². The maximum absolute atomic E-state index is 9.68. The standard InChI is InChI=1S/C2H7NO3S.Na.H/c1-2-3-7(4,5)6;;/h3H,2H2,1H3,(H,4,5,6);;/q;+1;-1. The molecule has 46 valence electrons. The minimum atomic E-state index is -3.92. The van der Waals surface area contributed by atoms with Gasteiger partial charge in [-0.3, -0.25) is 4.55 Å². The Morgan fingerprint density at radius 2 is 2.12 bits per heavy atom. The van der Waals surface area contributed by atoms with Crippen molar-refractivity contribution >= 4 is 10.3 Å². The molecule has 2 N–H and O–H groups in total. The Kier molecular flexibility index (Phi) is 6.87. The van der Waals surface area contributed by atoms with E-state index in [1.807, 2.05) is 4.72 Å². The molecule has 0 rings (SSSR count). The van der Waals surface area contributed by atoms with Crippen molar-refractivity contribution in [2.75, 3.05) is 6.54 Å². The van der Waals surface area contributed by atoms with Gasteiger partial charge in [-0.05, 0) is 0 Å². The molecule has 0 fully saturated rings. The number of nitrogens with one attached hydrogen (secondary N) is 1. The summed E-state index contributed by atoms with van der Waals surface area (Å²) in [5.74, 6) is 0. The number of rotatable bonds is 2. The third-order valence-corrected chi connectivity index (χ3v) is 0.980. The Bertz CT molecular complexity index is 135. The van der Waals surface area contributed by atoms with E-state index in [9.17, 15) is 8.42 Å². The topological polar surface area (TPSA) is 66.4 Å². The van der Waals surface area contributed by atoms with Gasteiger partial charge < -0.3 is 1.43 Å². The second-order valence-electron chi connectivity index (χ2n) is 0.973. The first-order valence-electron chi connectivity index (χ1n) is 1.78. The van der Waals surface area contributed by atoms with Gasteiger partial charge in [-0.25, -0.2) is 0 Å². The van der Waals surface area contributed by atoms with E-state index < -0.39 is 10.3 Å². The molecule has 0 bridgehead atoms. The first-order valence-corrected chi connectivity index (χ1v) is 3.22. The van der Waals surface area contributed by atoms with Gasteiger partial charge in [0.05, 0.1) is 0 Å². The van der Waals surface area contributed by atoms with E-state index in [0.717, 1.165) is 0 Å². The van der Waals surface area contributed by atoms with Crippen molar-refractivity contribution in [3.8, 4) is 0 Å². The summed E-state index contributed by atoms with van der Waals surface area (Å²) in [5.41, 5.74) is 0. The molecule has 0 aliphatic heterocycles. The second kappa shape index (κ2) is 4.72. The fraction of sp³-hybridized carbons (Fsp3) is 1.00. The van der Waals surface area contributed by atoms with Crippen LogP contribution in [-0.4, -0.2) is 19.5 Å². The summed E-state index contributed by atoms with van der Waals surface area (Å²) < 4.78 is 29.0. The zero-order valence-electron chi connectivity index (χ0n) is 5.88. The molecule has 0 aromatic heterocycles. The number of hydrogen-bond acceptors (Lipinski definition) is 2. The fourth-order valence-corrected chi connectivity index (χ4v) is 0.547. The summed E-state index contributed by atoms with van der Waals surface area (Å²) in [4.78, 5) is 0. The maximum Gasteiger partial charge on any atom is 1.00 e. The minimum absolute atomic E-state index is 0. The van der Waals surface area contributed by atoms with Crippen LogP contribution in [0.2, 0.25) is 0 Å². The van der Waals surface area contributed by atoms with Crippen LogP contribution in [-0.2, 0) is 10.3 Å². The molecular weight excluding hydrogens is 141 g/mol. The summed E-state index contributed by atoms with van der Waals surface area (Å²) >= 11 is 0. The van der Waals surface area contributed by atoms with Crippen LogP contribution < -0.4 is 34.3 Å². The molecular formula is C2H8NNaO3S. The van der Waals surface area contributed by atoms with E-state index >= 15 is 0 Å². The van der Waals surface area contributed by atoms with Crippen molar-refractivity contribution in [2.24, 2.45) is 0 Å². The summed E-state index contributed by atoms with van der Waals surface area (Å²) in [6, 6.07) is 0. The Balaban J connectivity index is -0.000000180. The smallest absolute Gasteiger partial charge is 1.00 e.